The van der Waals surface area contributed by atoms with Crippen LogP contribution in [0.2, 0.25) is 0 Å². The average Bonchev–Trinajstić information content (AvgIpc) is 3.06. The number of rotatable bonds is 10. The zero-order chi connectivity index (χ0) is 23.8. The monoisotopic (exact) mass is 547 g/mol. The van der Waals surface area contributed by atoms with Crippen molar-refractivity contribution < 1.29 is 19.1 Å². The van der Waals surface area contributed by atoms with E-state index in [1.165, 1.54) is 24.4 Å². The van der Waals surface area contributed by atoms with Crippen LogP contribution in [-0.4, -0.2) is 34.8 Å². The highest BCUT2D eigenvalue weighted by molar-refractivity contribution is 9.10. The van der Waals surface area contributed by atoms with Gasteiger partial charge >= 0.3 is 5.97 Å². The van der Waals surface area contributed by atoms with E-state index in [9.17, 15) is 9.59 Å². The molecule has 1 heterocycles. The van der Waals surface area contributed by atoms with Crippen molar-refractivity contribution in [2.75, 3.05) is 13.7 Å². The number of halogens is 1. The number of amides is 1. The van der Waals surface area contributed by atoms with Crippen LogP contribution in [0.3, 0.4) is 0 Å². The van der Waals surface area contributed by atoms with Gasteiger partial charge in [0.05, 0.1) is 12.0 Å². The van der Waals surface area contributed by atoms with Crippen LogP contribution in [0.5, 0.6) is 5.75 Å². The lowest BCUT2D eigenvalue weighted by molar-refractivity contribution is -0.140. The van der Waals surface area contributed by atoms with E-state index in [1.54, 1.807) is 4.90 Å². The summed E-state index contributed by atoms with van der Waals surface area (Å²) in [6.07, 6.45) is 4.57. The molecule has 5 nitrogen and oxygen atoms in total. The summed E-state index contributed by atoms with van der Waals surface area (Å²) in [6.45, 7) is 3.04. The predicted octanol–water partition coefficient (Wildman–Crippen LogP) is 6.27. The van der Waals surface area contributed by atoms with Crippen molar-refractivity contribution in [3.8, 4) is 5.75 Å². The average molecular weight is 549 g/mol. The number of thiocarbonyl (C=S) groups is 1. The second-order valence-electron chi connectivity index (χ2n) is 7.62. The Labute approximate surface area is 212 Å². The third kappa shape index (κ3) is 7.16. The van der Waals surface area contributed by atoms with Gasteiger partial charge in [-0.05, 0) is 55.2 Å². The highest BCUT2D eigenvalue weighted by Gasteiger charge is 2.31. The van der Waals surface area contributed by atoms with Crippen molar-refractivity contribution in [3.05, 3.63) is 68.5 Å². The summed E-state index contributed by atoms with van der Waals surface area (Å²) in [5.74, 6) is 0.398. The number of hydrogen-bond acceptors (Lipinski definition) is 6. The summed E-state index contributed by atoms with van der Waals surface area (Å²) in [6, 6.07) is 13.9. The molecule has 0 unspecified atom stereocenters. The molecular weight excluding hydrogens is 522 g/mol. The quantitative estimate of drug-likeness (QED) is 0.151. The number of esters is 1. The molecule has 2 aromatic rings. The van der Waals surface area contributed by atoms with Gasteiger partial charge in [-0.3, -0.25) is 14.5 Å². The van der Waals surface area contributed by atoms with Gasteiger partial charge in [0.1, 0.15) is 16.7 Å². The molecule has 2 aromatic carbocycles. The number of thioether (sulfide) groups is 1. The Morgan fingerprint density at radius 2 is 1.97 bits per heavy atom. The molecule has 0 spiro atoms. The number of nitrogens with zero attached hydrogens (tertiary/aromatic N) is 1. The highest BCUT2D eigenvalue weighted by atomic mass is 79.9. The molecule has 1 aliphatic rings. The second-order valence-corrected chi connectivity index (χ2v) is 10.2. The molecule has 1 amide bonds. The van der Waals surface area contributed by atoms with Crippen LogP contribution in [-0.2, 0) is 20.9 Å². The van der Waals surface area contributed by atoms with Crippen LogP contribution in [0.15, 0.2) is 51.8 Å². The van der Waals surface area contributed by atoms with Gasteiger partial charge in [-0.15, -0.1) is 0 Å². The highest BCUT2D eigenvalue weighted by Crippen LogP contribution is 2.35. The smallest absolute Gasteiger partial charge is 0.305 e. The zero-order valence-corrected chi connectivity index (χ0v) is 21.9. The number of unbranched alkanes of at least 4 members (excludes halogenated alkanes) is 2. The number of hydrogen-bond donors (Lipinski definition) is 0. The Kier molecular flexibility index (Phi) is 9.52. The first kappa shape index (κ1) is 25.5. The predicted molar refractivity (Wildman–Crippen MR) is 140 cm³/mol. The minimum atomic E-state index is -0.210. The van der Waals surface area contributed by atoms with Crippen molar-refractivity contribution in [3.63, 3.8) is 0 Å². The van der Waals surface area contributed by atoms with Crippen molar-refractivity contribution in [1.29, 1.82) is 0 Å². The van der Waals surface area contributed by atoms with Crippen LogP contribution in [0.25, 0.3) is 6.08 Å². The van der Waals surface area contributed by atoms with Gasteiger partial charge in [-0.1, -0.05) is 70.6 Å². The molecule has 0 atom stereocenters. The minimum absolute atomic E-state index is 0.0946. The fourth-order valence-corrected chi connectivity index (χ4v) is 5.02. The van der Waals surface area contributed by atoms with E-state index in [0.29, 0.717) is 34.5 Å². The minimum Gasteiger partial charge on any atom is -0.488 e. The summed E-state index contributed by atoms with van der Waals surface area (Å²) >= 11 is 10.3. The summed E-state index contributed by atoms with van der Waals surface area (Å²) < 4.78 is 12.2. The second kappa shape index (κ2) is 12.3. The summed E-state index contributed by atoms with van der Waals surface area (Å²) in [5, 5.41) is 0. The summed E-state index contributed by atoms with van der Waals surface area (Å²) in [7, 11) is 1.39. The van der Waals surface area contributed by atoms with Gasteiger partial charge in [0.15, 0.2) is 0 Å². The third-order valence-corrected chi connectivity index (χ3v) is 7.14. The molecule has 3 rings (SSSR count). The van der Waals surface area contributed by atoms with Gasteiger partial charge in [0.2, 0.25) is 0 Å². The first-order valence-corrected chi connectivity index (χ1v) is 12.7. The molecule has 0 bridgehead atoms. The van der Waals surface area contributed by atoms with E-state index in [1.807, 2.05) is 42.5 Å². The molecule has 0 aromatic heterocycles. The standard InChI is InChI=1S/C25H26BrNO4S2/c1-17-8-5-6-9-18(17)16-31-21-12-11-20(26)14-19(21)15-22-24(29)27(25(32)33-22)13-7-3-4-10-23(28)30-2/h5-6,8-9,11-12,14-15H,3-4,7,10,13,16H2,1-2H3/b22-15+. The first-order valence-electron chi connectivity index (χ1n) is 10.7. The maximum atomic E-state index is 13.0. The Morgan fingerprint density at radius 1 is 1.18 bits per heavy atom. The van der Waals surface area contributed by atoms with E-state index < -0.39 is 0 Å². The molecule has 0 N–H and O–H groups in total. The third-order valence-electron chi connectivity index (χ3n) is 5.27. The molecule has 8 heteroatoms. The normalized spacial score (nSPS) is 14.8. The van der Waals surface area contributed by atoms with Gasteiger partial charge < -0.3 is 9.47 Å². The van der Waals surface area contributed by atoms with Gasteiger partial charge in [-0.2, -0.15) is 0 Å². The lowest BCUT2D eigenvalue weighted by Crippen LogP contribution is -2.29. The molecular formula is C25H26BrNO4S2. The van der Waals surface area contributed by atoms with Crippen LogP contribution >= 0.6 is 39.9 Å². The van der Waals surface area contributed by atoms with Crippen LogP contribution in [0, 0.1) is 6.92 Å². The SMILES string of the molecule is COC(=O)CCCCCN1C(=O)/C(=C\c2cc(Br)ccc2OCc2ccccc2C)SC1=S. The number of methoxy groups -OCH3 is 1. The lowest BCUT2D eigenvalue weighted by atomic mass is 10.1. The molecule has 33 heavy (non-hydrogen) atoms. The maximum Gasteiger partial charge on any atom is 0.305 e. The van der Waals surface area contributed by atoms with Crippen molar-refractivity contribution in [1.82, 2.24) is 4.90 Å². The van der Waals surface area contributed by atoms with E-state index in [4.69, 9.17) is 17.0 Å². The number of benzene rings is 2. The van der Waals surface area contributed by atoms with E-state index >= 15 is 0 Å². The topological polar surface area (TPSA) is 55.8 Å². The van der Waals surface area contributed by atoms with Gasteiger partial charge in [-0.25, -0.2) is 0 Å². The largest absolute Gasteiger partial charge is 0.488 e. The zero-order valence-electron chi connectivity index (χ0n) is 18.6. The maximum absolute atomic E-state index is 13.0. The molecule has 1 fully saturated rings. The van der Waals surface area contributed by atoms with Crippen LogP contribution in [0.1, 0.15) is 42.4 Å². The lowest BCUT2D eigenvalue weighted by Gasteiger charge is -2.14. The van der Waals surface area contributed by atoms with Crippen molar-refractivity contribution in [2.45, 2.75) is 39.2 Å². The number of carbonyl (C=O) groups excluding carboxylic acids is 2. The van der Waals surface area contributed by atoms with Crippen molar-refractivity contribution >= 4 is 62.2 Å². The molecule has 0 aliphatic carbocycles. The number of aryl methyl sites for hydroxylation is 1. The van der Waals surface area contributed by atoms with E-state index in [0.717, 1.165) is 34.9 Å². The Morgan fingerprint density at radius 3 is 2.73 bits per heavy atom. The number of carbonyl (C=O) groups is 2. The Balaban J connectivity index is 1.66. The van der Waals surface area contributed by atoms with E-state index in [-0.39, 0.29) is 11.9 Å². The summed E-state index contributed by atoms with van der Waals surface area (Å²) in [4.78, 5) is 26.4. The molecule has 1 aliphatic heterocycles. The van der Waals surface area contributed by atoms with Gasteiger partial charge in [0, 0.05) is 23.0 Å². The van der Waals surface area contributed by atoms with Crippen LogP contribution in [0.4, 0.5) is 0 Å². The van der Waals surface area contributed by atoms with Gasteiger partial charge in [0.25, 0.3) is 5.91 Å². The fraction of sp³-hybridized carbons (Fsp3) is 0.320. The fourth-order valence-electron chi connectivity index (χ4n) is 3.34. The summed E-state index contributed by atoms with van der Waals surface area (Å²) in [5.41, 5.74) is 3.10. The molecule has 174 valence electrons. The molecule has 0 radical (unpaired) electrons. The number of ether oxygens (including phenoxy) is 2. The molecule has 0 saturated carbocycles. The Bertz CT molecular complexity index is 1070. The van der Waals surface area contributed by atoms with E-state index in [2.05, 4.69) is 33.7 Å². The van der Waals surface area contributed by atoms with Crippen LogP contribution < -0.4 is 4.74 Å². The first-order chi connectivity index (χ1) is 15.9. The Hall–Kier alpha value is -2.16. The van der Waals surface area contributed by atoms with Crippen molar-refractivity contribution in [2.24, 2.45) is 0 Å². The molecule has 1 saturated heterocycles.